The molecule has 0 aliphatic rings. The third kappa shape index (κ3) is 6.83. The lowest BCUT2D eigenvalue weighted by Gasteiger charge is -1.82. The maximum absolute atomic E-state index is 3.20. The molecule has 0 spiro atoms. The minimum Gasteiger partial charge on any atom is -0.203 e. The molecule has 0 saturated heterocycles. The molecule has 0 N–H and O–H groups in total. The molecule has 53 valence electrons. The van der Waals surface area contributed by atoms with Gasteiger partial charge in [0.05, 0.1) is 0 Å². The molecule has 1 radical (unpaired) electrons. The molecule has 0 atom stereocenters. The summed E-state index contributed by atoms with van der Waals surface area (Å²) in [7, 11) is 0. The molecule has 0 aliphatic heterocycles. The normalized spacial score (nSPS) is 7.50. The van der Waals surface area contributed by atoms with E-state index in [9.17, 15) is 0 Å². The molecule has 0 amide bonds. The summed E-state index contributed by atoms with van der Waals surface area (Å²) in [5, 5.41) is 0. The van der Waals surface area contributed by atoms with Crippen LogP contribution < -0.4 is 0 Å². The van der Waals surface area contributed by atoms with Crippen LogP contribution in [-0.4, -0.2) is 11.6 Å². The van der Waals surface area contributed by atoms with Gasteiger partial charge in [-0.3, -0.25) is 0 Å². The highest BCUT2D eigenvalue weighted by Gasteiger charge is 1.72. The lowest BCUT2D eigenvalue weighted by Crippen LogP contribution is -1.63. The Hall–Kier alpha value is 0.712. The molecular formula is C7H8AlBr2. The van der Waals surface area contributed by atoms with E-state index in [2.05, 4.69) is 41.1 Å². The van der Waals surface area contributed by atoms with E-state index in [1.54, 1.807) is 0 Å². The molecule has 0 bridgehead atoms. The second-order valence-corrected chi connectivity index (χ2v) is 9.76. The van der Waals surface area contributed by atoms with Crippen molar-refractivity contribution in [3.05, 3.63) is 35.9 Å². The lowest BCUT2D eigenvalue weighted by molar-refractivity contribution is 1.47. The minimum absolute atomic E-state index is 0.0417. The average Bonchev–Trinajstić information content (AvgIpc) is 1.91. The second kappa shape index (κ2) is 7.82. The number of hydrogen-bond donors (Lipinski definition) is 0. The van der Waals surface area contributed by atoms with Crippen molar-refractivity contribution >= 4 is 39.7 Å². The van der Waals surface area contributed by atoms with E-state index in [1.165, 1.54) is 5.56 Å². The molecule has 0 saturated carbocycles. The third-order valence-corrected chi connectivity index (χ3v) is 0.885. The molecule has 1 aromatic carbocycles. The van der Waals surface area contributed by atoms with Gasteiger partial charge in [-0.15, -0.1) is 0 Å². The monoisotopic (exact) mass is 277 g/mol. The topological polar surface area (TPSA) is 0 Å². The number of rotatable bonds is 0. The summed E-state index contributed by atoms with van der Waals surface area (Å²) in [5.74, 6) is 0. The van der Waals surface area contributed by atoms with E-state index in [0.717, 1.165) is 0 Å². The van der Waals surface area contributed by atoms with Gasteiger partial charge in [-0.25, -0.2) is 28.1 Å². The van der Waals surface area contributed by atoms with E-state index in [4.69, 9.17) is 0 Å². The summed E-state index contributed by atoms with van der Waals surface area (Å²) >= 11 is 6.44. The van der Waals surface area contributed by atoms with Crippen LogP contribution in [0.25, 0.3) is 0 Å². The fourth-order valence-electron chi connectivity index (χ4n) is 0.470. The van der Waals surface area contributed by atoms with E-state index < -0.39 is 0 Å². The van der Waals surface area contributed by atoms with E-state index >= 15 is 0 Å². The van der Waals surface area contributed by atoms with Crippen LogP contribution in [0.5, 0.6) is 0 Å². The largest absolute Gasteiger partial charge is 0.435 e. The van der Waals surface area contributed by atoms with Crippen LogP contribution in [0.3, 0.4) is 0 Å². The Morgan fingerprint density at radius 1 is 1.30 bits per heavy atom. The van der Waals surface area contributed by atoms with E-state index in [1.807, 2.05) is 24.3 Å². The summed E-state index contributed by atoms with van der Waals surface area (Å²) < 4.78 is 0. The first-order valence-electron chi connectivity index (χ1n) is 2.86. The van der Waals surface area contributed by atoms with Crippen molar-refractivity contribution in [2.24, 2.45) is 0 Å². The number of hydrogen-bond acceptors (Lipinski definition) is 0. The number of aryl methyl sites for hydroxylation is 1. The predicted molar refractivity (Wildman–Crippen MR) is 55.0 cm³/mol. The van der Waals surface area contributed by atoms with Gasteiger partial charge >= 0.3 is 11.6 Å². The van der Waals surface area contributed by atoms with Gasteiger partial charge in [-0.05, 0) is 13.0 Å². The smallest absolute Gasteiger partial charge is 0.203 e. The summed E-state index contributed by atoms with van der Waals surface area (Å²) in [6.07, 6.45) is 0. The first kappa shape index (κ1) is 10.7. The molecule has 0 unspecified atom stereocenters. The van der Waals surface area contributed by atoms with Crippen LogP contribution in [0.1, 0.15) is 5.56 Å². The van der Waals surface area contributed by atoms with Crippen LogP contribution in [0.4, 0.5) is 0 Å². The van der Waals surface area contributed by atoms with Crippen molar-refractivity contribution in [2.45, 2.75) is 6.92 Å². The lowest BCUT2D eigenvalue weighted by atomic mass is 10.2. The SMILES string of the molecule is Cc1cc[c]cc1.[Br][AlH][Br]. The Morgan fingerprint density at radius 2 is 1.70 bits per heavy atom. The van der Waals surface area contributed by atoms with Gasteiger partial charge in [0.25, 0.3) is 0 Å². The van der Waals surface area contributed by atoms with E-state index in [0.29, 0.717) is 0 Å². The Labute approximate surface area is 82.0 Å². The summed E-state index contributed by atoms with van der Waals surface area (Å²) in [6, 6.07) is 10.8. The van der Waals surface area contributed by atoms with Gasteiger partial charge in [0, 0.05) is 0 Å². The zero-order valence-corrected chi connectivity index (χ0v) is 10.4. The number of halogens is 2. The molecule has 0 aromatic heterocycles. The van der Waals surface area contributed by atoms with E-state index in [-0.39, 0.29) is 11.6 Å². The standard InChI is InChI=1S/C7H7.Al.2BrH.H/c1-7-5-3-2-4-6-7;;;;/h3-6H,1H3;;2*1H;/q;+2;;;/p-2. The molecule has 3 heteroatoms. The first-order chi connectivity index (χ1) is 4.81. The Morgan fingerprint density at radius 3 is 1.90 bits per heavy atom. The highest BCUT2D eigenvalue weighted by molar-refractivity contribution is 9.47. The number of benzene rings is 1. The van der Waals surface area contributed by atoms with Gasteiger partial charge in [-0.1, -0.05) is 29.8 Å². The van der Waals surface area contributed by atoms with Gasteiger partial charge in [0.2, 0.25) is 0 Å². The maximum Gasteiger partial charge on any atom is 0.435 e. The van der Waals surface area contributed by atoms with Crippen molar-refractivity contribution in [1.82, 2.24) is 0 Å². The predicted octanol–water partition coefficient (Wildman–Crippen LogP) is 2.84. The van der Waals surface area contributed by atoms with Gasteiger partial charge in [0.15, 0.2) is 0 Å². The molecule has 10 heavy (non-hydrogen) atoms. The Kier molecular flexibility index (Phi) is 8.37. The van der Waals surface area contributed by atoms with Crippen molar-refractivity contribution < 1.29 is 0 Å². The molecule has 1 aromatic rings. The molecule has 0 heterocycles. The molecule has 0 nitrogen and oxygen atoms in total. The highest BCUT2D eigenvalue weighted by Crippen LogP contribution is 1.91. The quantitative estimate of drug-likeness (QED) is 0.640. The average molecular weight is 279 g/mol. The van der Waals surface area contributed by atoms with Crippen LogP contribution in [0, 0.1) is 13.0 Å². The third-order valence-electron chi connectivity index (χ3n) is 0.885. The van der Waals surface area contributed by atoms with Crippen LogP contribution in [0.15, 0.2) is 24.3 Å². The summed E-state index contributed by atoms with van der Waals surface area (Å²) in [4.78, 5) is 0. The fraction of sp³-hybridized carbons (Fsp3) is 0.143. The molecular weight excluding hydrogens is 271 g/mol. The first-order valence-corrected chi connectivity index (χ1v) is 10.7. The summed E-state index contributed by atoms with van der Waals surface area (Å²) in [6.45, 7) is 2.06. The maximum atomic E-state index is 3.20. The molecule has 0 aliphatic carbocycles. The van der Waals surface area contributed by atoms with Crippen molar-refractivity contribution in [3.8, 4) is 0 Å². The van der Waals surface area contributed by atoms with Crippen LogP contribution in [0.2, 0.25) is 0 Å². The zero-order valence-electron chi connectivity index (χ0n) is 5.77. The van der Waals surface area contributed by atoms with Crippen molar-refractivity contribution in [1.29, 1.82) is 0 Å². The Balaban J connectivity index is 0.000000236. The molecule has 1 rings (SSSR count). The fourth-order valence-corrected chi connectivity index (χ4v) is 0.470. The summed E-state index contributed by atoms with van der Waals surface area (Å²) in [5.41, 5.74) is 1.29. The second-order valence-electron chi connectivity index (χ2n) is 1.68. The van der Waals surface area contributed by atoms with Gasteiger partial charge in [-0.2, -0.15) is 0 Å². The van der Waals surface area contributed by atoms with Gasteiger partial charge < -0.3 is 0 Å². The highest BCUT2D eigenvalue weighted by atomic mass is 79.9. The van der Waals surface area contributed by atoms with Crippen LogP contribution >= 0.6 is 28.1 Å². The van der Waals surface area contributed by atoms with Crippen LogP contribution in [-0.2, 0) is 0 Å². The Bertz CT molecular complexity index is 153. The van der Waals surface area contributed by atoms with Gasteiger partial charge in [0.1, 0.15) is 0 Å². The van der Waals surface area contributed by atoms with Crippen molar-refractivity contribution in [2.75, 3.05) is 0 Å². The minimum atomic E-state index is 0.0417. The molecule has 0 fully saturated rings. The van der Waals surface area contributed by atoms with Crippen molar-refractivity contribution in [3.63, 3.8) is 0 Å². The zero-order chi connectivity index (χ0) is 7.82.